The van der Waals surface area contributed by atoms with Crippen molar-refractivity contribution < 1.29 is 19.2 Å². The van der Waals surface area contributed by atoms with E-state index in [0.29, 0.717) is 18.8 Å². The maximum absolute atomic E-state index is 12.7. The van der Waals surface area contributed by atoms with Crippen molar-refractivity contribution in [2.45, 2.75) is 25.5 Å². The normalized spacial score (nSPS) is 16.3. The van der Waals surface area contributed by atoms with Crippen LogP contribution in [0.25, 0.3) is 0 Å². The molecular weight excluding hydrogens is 382 g/mol. The van der Waals surface area contributed by atoms with Crippen LogP contribution in [0.4, 0.5) is 11.4 Å². The summed E-state index contributed by atoms with van der Waals surface area (Å²) in [6.45, 7) is 2.23. The van der Waals surface area contributed by atoms with Gasteiger partial charge in [0.05, 0.1) is 30.4 Å². The summed E-state index contributed by atoms with van der Waals surface area (Å²) in [6, 6.07) is 8.14. The number of carbonyl (C=O) groups excluding carboxylic acids is 1. The molecule has 2 heterocycles. The molecule has 1 aromatic carbocycles. The molecule has 1 N–H and O–H groups in total. The summed E-state index contributed by atoms with van der Waals surface area (Å²) in [7, 11) is 1.46. The second-order valence-corrected chi connectivity index (χ2v) is 7.61. The number of nitrogens with zero attached hydrogens (tertiary/aromatic N) is 2. The summed E-state index contributed by atoms with van der Waals surface area (Å²) in [6.07, 6.45) is 2.15. The zero-order valence-corrected chi connectivity index (χ0v) is 16.4. The highest BCUT2D eigenvalue weighted by atomic mass is 32.1. The Hall–Kier alpha value is -2.49. The molecule has 1 atom stereocenters. The van der Waals surface area contributed by atoms with Gasteiger partial charge < -0.3 is 14.8 Å². The van der Waals surface area contributed by atoms with Crippen LogP contribution < -0.4 is 10.1 Å². The summed E-state index contributed by atoms with van der Waals surface area (Å²) in [4.78, 5) is 26.4. The van der Waals surface area contributed by atoms with Crippen LogP contribution >= 0.6 is 11.3 Å². The van der Waals surface area contributed by atoms with E-state index in [1.807, 2.05) is 22.4 Å². The fraction of sp³-hybridized carbons (Fsp3) is 0.421. The van der Waals surface area contributed by atoms with E-state index in [-0.39, 0.29) is 29.9 Å². The molecule has 9 heteroatoms. The first kappa shape index (κ1) is 20.2. The van der Waals surface area contributed by atoms with Gasteiger partial charge in [0.1, 0.15) is 5.75 Å². The van der Waals surface area contributed by atoms with Gasteiger partial charge in [-0.05, 0) is 30.4 Å². The van der Waals surface area contributed by atoms with Crippen molar-refractivity contribution in [3.63, 3.8) is 0 Å². The molecular formula is C19H23N3O5S. The van der Waals surface area contributed by atoms with Crippen molar-refractivity contribution in [3.8, 4) is 5.75 Å². The molecule has 3 rings (SSSR count). The van der Waals surface area contributed by atoms with E-state index in [0.717, 1.165) is 19.4 Å². The zero-order chi connectivity index (χ0) is 19.9. The molecule has 1 saturated heterocycles. The third kappa shape index (κ3) is 5.51. The average molecular weight is 405 g/mol. The molecule has 8 nitrogen and oxygen atoms in total. The lowest BCUT2D eigenvalue weighted by Gasteiger charge is -2.24. The summed E-state index contributed by atoms with van der Waals surface area (Å²) in [5.41, 5.74) is 0.181. The maximum Gasteiger partial charge on any atom is 0.271 e. The quantitative estimate of drug-likeness (QED) is 0.508. The highest BCUT2D eigenvalue weighted by Gasteiger charge is 2.22. The zero-order valence-electron chi connectivity index (χ0n) is 15.6. The standard InChI is InChI=1S/C19H23N3O5S/c1-26-18-7-6-14(22(24)25)10-17(18)20-19(23)13-21(11-15-4-2-8-27-15)12-16-5-3-9-28-16/h3,5-7,9-10,15H,2,4,8,11-13H2,1H3,(H,20,23)/t15-/m1/s1. The molecule has 150 valence electrons. The molecule has 0 spiro atoms. The fourth-order valence-electron chi connectivity index (χ4n) is 3.18. The number of hydrogen-bond acceptors (Lipinski definition) is 7. The van der Waals surface area contributed by atoms with Gasteiger partial charge in [0.2, 0.25) is 5.91 Å². The van der Waals surface area contributed by atoms with E-state index in [9.17, 15) is 14.9 Å². The number of nitro benzene ring substituents is 1. The van der Waals surface area contributed by atoms with E-state index in [2.05, 4.69) is 5.32 Å². The van der Waals surface area contributed by atoms with Crippen LogP contribution in [0, 0.1) is 10.1 Å². The summed E-state index contributed by atoms with van der Waals surface area (Å²) in [5, 5.41) is 15.8. The van der Waals surface area contributed by atoms with E-state index < -0.39 is 4.92 Å². The molecule has 1 amide bonds. The van der Waals surface area contributed by atoms with Gasteiger partial charge in [-0.3, -0.25) is 19.8 Å². The van der Waals surface area contributed by atoms with Crippen LogP contribution in [0.1, 0.15) is 17.7 Å². The van der Waals surface area contributed by atoms with E-state index in [1.54, 1.807) is 11.3 Å². The van der Waals surface area contributed by atoms with E-state index in [4.69, 9.17) is 9.47 Å². The lowest BCUT2D eigenvalue weighted by Crippen LogP contribution is -2.37. The Kier molecular flexibility index (Phi) is 6.96. The highest BCUT2D eigenvalue weighted by molar-refractivity contribution is 7.09. The Balaban J connectivity index is 1.68. The van der Waals surface area contributed by atoms with Gasteiger partial charge in [-0.1, -0.05) is 6.07 Å². The van der Waals surface area contributed by atoms with Gasteiger partial charge in [0.15, 0.2) is 0 Å². The van der Waals surface area contributed by atoms with Crippen LogP contribution in [0.15, 0.2) is 35.7 Å². The Morgan fingerprint density at radius 2 is 2.32 bits per heavy atom. The first-order chi connectivity index (χ1) is 13.5. The van der Waals surface area contributed by atoms with Crippen molar-refractivity contribution in [1.82, 2.24) is 4.90 Å². The number of anilines is 1. The van der Waals surface area contributed by atoms with Crippen LogP contribution in [-0.4, -0.2) is 48.6 Å². The number of thiophene rings is 1. The van der Waals surface area contributed by atoms with Gasteiger partial charge in [-0.15, -0.1) is 11.3 Å². The Bertz CT molecular complexity index is 806. The first-order valence-corrected chi connectivity index (χ1v) is 9.91. The third-order valence-electron chi connectivity index (χ3n) is 4.48. The number of rotatable bonds is 9. The number of nitro groups is 1. The number of amides is 1. The number of hydrogen-bond donors (Lipinski definition) is 1. The molecule has 1 aliphatic rings. The number of non-ortho nitro benzene ring substituents is 1. The summed E-state index contributed by atoms with van der Waals surface area (Å²) < 4.78 is 10.9. The monoisotopic (exact) mass is 405 g/mol. The van der Waals surface area contributed by atoms with Crippen LogP contribution in [-0.2, 0) is 16.1 Å². The Labute approximate surface area is 167 Å². The van der Waals surface area contributed by atoms with Crippen molar-refractivity contribution in [2.75, 3.05) is 32.1 Å². The predicted octanol–water partition coefficient (Wildman–Crippen LogP) is 3.28. The van der Waals surface area contributed by atoms with Crippen molar-refractivity contribution in [2.24, 2.45) is 0 Å². The molecule has 0 unspecified atom stereocenters. The van der Waals surface area contributed by atoms with Gasteiger partial charge in [0.25, 0.3) is 5.69 Å². The molecule has 0 aliphatic carbocycles. The number of carbonyl (C=O) groups is 1. The second kappa shape index (κ2) is 9.63. The fourth-order valence-corrected chi connectivity index (χ4v) is 3.93. The molecule has 1 aromatic heterocycles. The van der Waals surface area contributed by atoms with Crippen LogP contribution in [0.5, 0.6) is 5.75 Å². The predicted molar refractivity (Wildman–Crippen MR) is 107 cm³/mol. The molecule has 1 fully saturated rings. The molecule has 0 radical (unpaired) electrons. The number of ether oxygens (including phenoxy) is 2. The minimum Gasteiger partial charge on any atom is -0.495 e. The van der Waals surface area contributed by atoms with Gasteiger partial charge >= 0.3 is 0 Å². The third-order valence-corrected chi connectivity index (χ3v) is 5.34. The van der Waals surface area contributed by atoms with E-state index >= 15 is 0 Å². The topological polar surface area (TPSA) is 93.9 Å². The number of nitrogens with one attached hydrogen (secondary N) is 1. The molecule has 28 heavy (non-hydrogen) atoms. The van der Waals surface area contributed by atoms with Crippen molar-refractivity contribution >= 4 is 28.6 Å². The minimum absolute atomic E-state index is 0.106. The maximum atomic E-state index is 12.7. The number of methoxy groups -OCH3 is 1. The van der Waals surface area contributed by atoms with Crippen molar-refractivity contribution in [3.05, 3.63) is 50.7 Å². The SMILES string of the molecule is COc1ccc([N+](=O)[O-])cc1NC(=O)CN(Cc1cccs1)C[C@H]1CCCO1. The van der Waals surface area contributed by atoms with Crippen molar-refractivity contribution in [1.29, 1.82) is 0 Å². The van der Waals surface area contributed by atoms with E-state index in [1.165, 1.54) is 30.2 Å². The second-order valence-electron chi connectivity index (χ2n) is 6.57. The summed E-state index contributed by atoms with van der Waals surface area (Å²) >= 11 is 1.64. The van der Waals surface area contributed by atoms with Gasteiger partial charge in [-0.25, -0.2) is 0 Å². The molecule has 1 aliphatic heterocycles. The van der Waals surface area contributed by atoms with Crippen LogP contribution in [0.3, 0.4) is 0 Å². The van der Waals surface area contributed by atoms with Gasteiger partial charge in [-0.2, -0.15) is 0 Å². The number of benzene rings is 1. The average Bonchev–Trinajstić information content (AvgIpc) is 3.35. The Morgan fingerprint density at radius 3 is 2.96 bits per heavy atom. The first-order valence-electron chi connectivity index (χ1n) is 9.04. The lowest BCUT2D eigenvalue weighted by molar-refractivity contribution is -0.384. The van der Waals surface area contributed by atoms with Crippen LogP contribution in [0.2, 0.25) is 0 Å². The Morgan fingerprint density at radius 1 is 1.46 bits per heavy atom. The summed E-state index contributed by atoms with van der Waals surface area (Å²) in [5.74, 6) is 0.122. The van der Waals surface area contributed by atoms with Gasteiger partial charge in [0, 0.05) is 36.7 Å². The molecule has 2 aromatic rings. The smallest absolute Gasteiger partial charge is 0.271 e. The molecule has 0 bridgehead atoms. The largest absolute Gasteiger partial charge is 0.495 e. The highest BCUT2D eigenvalue weighted by Crippen LogP contribution is 2.29. The molecule has 0 saturated carbocycles. The minimum atomic E-state index is -0.504. The lowest BCUT2D eigenvalue weighted by atomic mass is 10.2.